The Bertz CT molecular complexity index is 2430. The number of para-hydroxylation sites is 2. The van der Waals surface area contributed by atoms with E-state index >= 15 is 0 Å². The minimum Gasteiger partial charge on any atom is -0.422 e. The summed E-state index contributed by atoms with van der Waals surface area (Å²) < 4.78 is 82.0. The molecule has 0 radical (unpaired) electrons. The molecule has 0 unspecified atom stereocenters. The van der Waals surface area contributed by atoms with Crippen molar-refractivity contribution in [1.29, 1.82) is 0 Å². The molecule has 0 aliphatic rings. The van der Waals surface area contributed by atoms with Gasteiger partial charge in [0.25, 0.3) is 0 Å². The topological polar surface area (TPSA) is 86.2 Å². The standard InChI is InChI=1S/C34H23ClN2O4/c35-24-14-20(9-11-22-16-27-31(36-18-22)25-5-1-3-7-29(25)40-33(27)38)13-21(15-24)10-12-23-17-28-32(37-19-23)26-6-2-4-8-30(26)41-34(28)39/h1-8,13-19H,9-12H2/i9D2,10D2,11D2,12D2. The molecular weight excluding hydrogens is 536 g/mol. The number of aryl methyl sites for hydroxylation is 4. The van der Waals surface area contributed by atoms with Gasteiger partial charge in [0.15, 0.2) is 0 Å². The number of benzene rings is 3. The zero-order valence-corrected chi connectivity index (χ0v) is 21.8. The van der Waals surface area contributed by atoms with Gasteiger partial charge in [-0.15, -0.1) is 0 Å². The van der Waals surface area contributed by atoms with E-state index in [1.165, 1.54) is 12.1 Å². The van der Waals surface area contributed by atoms with E-state index in [1.807, 2.05) is 0 Å². The molecule has 0 spiro atoms. The third kappa shape index (κ3) is 4.87. The number of pyridine rings is 2. The number of halogens is 1. The van der Waals surface area contributed by atoms with E-state index in [4.69, 9.17) is 31.4 Å². The van der Waals surface area contributed by atoms with Gasteiger partial charge in [0, 0.05) is 39.2 Å². The van der Waals surface area contributed by atoms with E-state index in [0.29, 0.717) is 10.8 Å². The van der Waals surface area contributed by atoms with E-state index in [-0.39, 0.29) is 49.1 Å². The molecule has 0 aliphatic carbocycles. The van der Waals surface area contributed by atoms with Crippen molar-refractivity contribution in [3.63, 3.8) is 0 Å². The number of aromatic nitrogens is 2. The smallest absolute Gasteiger partial charge is 0.345 e. The van der Waals surface area contributed by atoms with Crippen LogP contribution in [-0.4, -0.2) is 9.97 Å². The first-order valence-electron chi connectivity index (χ1n) is 16.5. The number of hydrogen-bond donors (Lipinski definition) is 0. The van der Waals surface area contributed by atoms with Crippen LogP contribution < -0.4 is 11.3 Å². The van der Waals surface area contributed by atoms with Gasteiger partial charge in [-0.3, -0.25) is 9.97 Å². The minimum atomic E-state index is -2.91. The zero-order chi connectivity index (χ0) is 35.1. The lowest BCUT2D eigenvalue weighted by Crippen LogP contribution is -2.03. The van der Waals surface area contributed by atoms with Crippen molar-refractivity contribution in [1.82, 2.24) is 9.97 Å². The Morgan fingerprint density at radius 3 is 1.51 bits per heavy atom. The molecule has 4 heterocycles. The normalized spacial score (nSPS) is 15.9. The molecule has 0 amide bonds. The van der Waals surface area contributed by atoms with Gasteiger partial charge in [0.05, 0.1) is 21.8 Å². The summed E-state index contributed by atoms with van der Waals surface area (Å²) >= 11 is 6.35. The summed E-state index contributed by atoms with van der Waals surface area (Å²) in [5.41, 5.74) is -1.86. The second kappa shape index (κ2) is 10.3. The average Bonchev–Trinajstić information content (AvgIpc) is 3.07. The van der Waals surface area contributed by atoms with Crippen molar-refractivity contribution in [3.05, 3.63) is 139 Å². The Kier molecular flexibility index (Phi) is 4.47. The monoisotopic (exact) mass is 566 g/mol. The van der Waals surface area contributed by atoms with E-state index in [0.717, 1.165) is 30.6 Å². The molecule has 7 rings (SSSR count). The molecule has 6 nitrogen and oxygen atoms in total. The molecule has 3 aromatic carbocycles. The van der Waals surface area contributed by atoms with Crippen LogP contribution in [0.1, 0.15) is 33.2 Å². The highest BCUT2D eigenvalue weighted by Crippen LogP contribution is 2.24. The van der Waals surface area contributed by atoms with Crippen molar-refractivity contribution in [3.8, 4) is 0 Å². The summed E-state index contributed by atoms with van der Waals surface area (Å²) in [7, 11) is 0. The molecule has 7 heteroatoms. The molecule has 41 heavy (non-hydrogen) atoms. The van der Waals surface area contributed by atoms with Crippen molar-refractivity contribution >= 4 is 55.3 Å². The molecule has 0 saturated carbocycles. The van der Waals surface area contributed by atoms with E-state index in [9.17, 15) is 9.59 Å². The summed E-state index contributed by atoms with van der Waals surface area (Å²) in [5, 5.41) is 0.730. The Morgan fingerprint density at radius 1 is 0.585 bits per heavy atom. The van der Waals surface area contributed by atoms with Gasteiger partial charge < -0.3 is 8.83 Å². The first kappa shape index (κ1) is 17.8. The highest BCUT2D eigenvalue weighted by atomic mass is 35.5. The van der Waals surface area contributed by atoms with Crippen molar-refractivity contribution in [2.45, 2.75) is 25.5 Å². The van der Waals surface area contributed by atoms with Crippen LogP contribution in [0.25, 0.3) is 43.7 Å². The minimum absolute atomic E-state index is 0.0572. The highest BCUT2D eigenvalue weighted by molar-refractivity contribution is 6.30. The number of rotatable bonds is 6. The summed E-state index contributed by atoms with van der Waals surface area (Å²) in [6, 6.07) is 19.0. The first-order chi connectivity index (χ1) is 23.0. The molecule has 0 bridgehead atoms. The molecule has 0 atom stereocenters. The summed E-state index contributed by atoms with van der Waals surface area (Å²) in [6.07, 6.45) is -9.29. The Hall–Kier alpha value is -4.81. The van der Waals surface area contributed by atoms with Gasteiger partial charge in [0.2, 0.25) is 0 Å². The lowest BCUT2D eigenvalue weighted by molar-refractivity contribution is 0.569. The maximum atomic E-state index is 12.8. The summed E-state index contributed by atoms with van der Waals surface area (Å²) in [5.74, 6) is 0. The van der Waals surface area contributed by atoms with Gasteiger partial charge in [-0.1, -0.05) is 41.9 Å². The number of nitrogens with zero attached hydrogens (tertiary/aromatic N) is 2. The van der Waals surface area contributed by atoms with E-state index < -0.39 is 47.9 Å². The average molecular weight is 567 g/mol. The van der Waals surface area contributed by atoms with E-state index in [1.54, 1.807) is 48.5 Å². The third-order valence-electron chi connectivity index (χ3n) is 6.51. The van der Waals surface area contributed by atoms with Crippen LogP contribution in [0.15, 0.2) is 110 Å². The fourth-order valence-corrected chi connectivity index (χ4v) is 4.88. The SMILES string of the molecule is [2H]C([2H])(c1cc(Cl)cc(C([2H])([2H])C([2H])([2H])c2cnc3c(c2)c(=O)oc2ccccc23)c1)C([2H])([2H])c1cnc2c(c1)c(=O)oc1ccccc12. The molecule has 0 aliphatic heterocycles. The predicted octanol–water partition coefficient (Wildman–Crippen LogP) is 7.22. The van der Waals surface area contributed by atoms with Gasteiger partial charge in [-0.25, -0.2) is 9.59 Å². The zero-order valence-electron chi connectivity index (χ0n) is 29.1. The number of fused-ring (bicyclic) bond motifs is 6. The molecular formula is C34H23ClN2O4. The van der Waals surface area contributed by atoms with Gasteiger partial charge >= 0.3 is 11.3 Å². The molecule has 0 saturated heterocycles. The lowest BCUT2D eigenvalue weighted by Gasteiger charge is -2.09. The third-order valence-corrected chi connectivity index (χ3v) is 6.72. The summed E-state index contributed by atoms with van der Waals surface area (Å²) in [4.78, 5) is 34.2. The van der Waals surface area contributed by atoms with Crippen LogP contribution in [0.2, 0.25) is 5.02 Å². The Morgan fingerprint density at radius 2 is 1.02 bits per heavy atom. The maximum Gasteiger partial charge on any atom is 0.345 e. The molecule has 7 aromatic rings. The first-order valence-corrected chi connectivity index (χ1v) is 12.9. The highest BCUT2D eigenvalue weighted by Gasteiger charge is 2.11. The lowest BCUT2D eigenvalue weighted by atomic mass is 9.99. The summed E-state index contributed by atoms with van der Waals surface area (Å²) in [6.45, 7) is 0. The largest absolute Gasteiger partial charge is 0.422 e. The van der Waals surface area contributed by atoms with E-state index in [2.05, 4.69) is 9.97 Å². The predicted molar refractivity (Wildman–Crippen MR) is 162 cm³/mol. The molecule has 4 aromatic heterocycles. The van der Waals surface area contributed by atoms with Crippen LogP contribution in [0, 0.1) is 0 Å². The molecule has 200 valence electrons. The van der Waals surface area contributed by atoms with Gasteiger partial charge in [-0.2, -0.15) is 0 Å². The maximum absolute atomic E-state index is 12.8. The second-order valence-corrected chi connectivity index (χ2v) is 9.68. The van der Waals surface area contributed by atoms with Gasteiger partial charge in [-0.05, 0) is 96.3 Å². The molecule has 0 fully saturated rings. The van der Waals surface area contributed by atoms with Crippen LogP contribution in [0.4, 0.5) is 0 Å². The van der Waals surface area contributed by atoms with Gasteiger partial charge in [0.1, 0.15) is 11.2 Å². The van der Waals surface area contributed by atoms with Crippen molar-refractivity contribution in [2.75, 3.05) is 0 Å². The Balaban J connectivity index is 1.30. The van der Waals surface area contributed by atoms with Crippen LogP contribution in [-0.2, 0) is 25.5 Å². The van der Waals surface area contributed by atoms with Crippen molar-refractivity contribution < 1.29 is 19.8 Å². The quantitative estimate of drug-likeness (QED) is 0.156. The van der Waals surface area contributed by atoms with Crippen molar-refractivity contribution in [2.24, 2.45) is 0 Å². The van der Waals surface area contributed by atoms with Crippen LogP contribution in [0.3, 0.4) is 0 Å². The Labute approximate surface area is 250 Å². The second-order valence-electron chi connectivity index (χ2n) is 9.24. The fraction of sp³-hybridized carbons (Fsp3) is 0.118. The van der Waals surface area contributed by atoms with Crippen LogP contribution in [0.5, 0.6) is 0 Å². The number of hydrogen-bond acceptors (Lipinski definition) is 6. The molecule has 0 N–H and O–H groups in total. The van der Waals surface area contributed by atoms with Crippen LogP contribution >= 0.6 is 11.6 Å². The fourth-order valence-electron chi connectivity index (χ4n) is 4.64.